The second kappa shape index (κ2) is 10.3. The summed E-state index contributed by atoms with van der Waals surface area (Å²) in [5.41, 5.74) is 4.62. The number of aryl methyl sites for hydroxylation is 2. The smallest absolute Gasteiger partial charge is 0.254 e. The van der Waals surface area contributed by atoms with Gasteiger partial charge in [0.05, 0.1) is 13.0 Å². The molecule has 7 heteroatoms. The Bertz CT molecular complexity index is 1110. The third-order valence-corrected chi connectivity index (χ3v) is 5.96. The standard InChI is InChI=1S/C26H29N3O4/c1-18-4-3-5-21(14-18)20-8-6-19(7-9-20)15-22-17-29(13-12-27-26(22)31)25(30)11-10-23-16-24(32-2)28-33-23/h3-9,14,16,22H,10-13,15,17H2,1-2H3,(H,27,31)/t22-/m0/s1. The molecule has 172 valence electrons. The molecule has 3 aromatic rings. The summed E-state index contributed by atoms with van der Waals surface area (Å²) >= 11 is 0. The Morgan fingerprint density at radius 1 is 1.18 bits per heavy atom. The maximum absolute atomic E-state index is 12.8. The van der Waals surface area contributed by atoms with Crippen LogP contribution in [-0.4, -0.2) is 48.6 Å². The first-order chi connectivity index (χ1) is 16.0. The largest absolute Gasteiger partial charge is 0.479 e. The van der Waals surface area contributed by atoms with Gasteiger partial charge in [0.1, 0.15) is 5.76 Å². The summed E-state index contributed by atoms with van der Waals surface area (Å²) in [6, 6.07) is 18.4. The van der Waals surface area contributed by atoms with Crippen LogP contribution in [0, 0.1) is 12.8 Å². The molecule has 0 unspecified atom stereocenters. The summed E-state index contributed by atoms with van der Waals surface area (Å²) in [7, 11) is 1.52. The molecule has 0 saturated carbocycles. The topological polar surface area (TPSA) is 84.7 Å². The molecule has 2 heterocycles. The fourth-order valence-corrected chi connectivity index (χ4v) is 4.12. The Morgan fingerprint density at radius 2 is 2.00 bits per heavy atom. The molecule has 0 radical (unpaired) electrons. The number of carbonyl (C=O) groups excluding carboxylic acids is 2. The van der Waals surface area contributed by atoms with Gasteiger partial charge >= 0.3 is 0 Å². The molecule has 1 atom stereocenters. The van der Waals surface area contributed by atoms with Crippen LogP contribution in [0.25, 0.3) is 11.1 Å². The predicted octanol–water partition coefficient (Wildman–Crippen LogP) is 3.41. The molecule has 2 amide bonds. The Morgan fingerprint density at radius 3 is 2.73 bits per heavy atom. The molecular weight excluding hydrogens is 418 g/mol. The molecule has 1 aliphatic heterocycles. The van der Waals surface area contributed by atoms with Gasteiger partial charge in [0.2, 0.25) is 11.8 Å². The number of hydrogen-bond acceptors (Lipinski definition) is 5. The van der Waals surface area contributed by atoms with Crippen molar-refractivity contribution in [2.24, 2.45) is 5.92 Å². The molecule has 1 aliphatic rings. The maximum Gasteiger partial charge on any atom is 0.254 e. The van der Waals surface area contributed by atoms with Crippen LogP contribution in [0.1, 0.15) is 23.3 Å². The molecule has 1 aromatic heterocycles. The number of benzene rings is 2. The van der Waals surface area contributed by atoms with Gasteiger partial charge in [0.25, 0.3) is 5.88 Å². The molecular formula is C26H29N3O4. The van der Waals surface area contributed by atoms with Crippen LogP contribution in [-0.2, 0) is 22.4 Å². The van der Waals surface area contributed by atoms with Crippen LogP contribution in [0.15, 0.2) is 59.1 Å². The monoisotopic (exact) mass is 447 g/mol. The van der Waals surface area contributed by atoms with E-state index in [4.69, 9.17) is 9.26 Å². The second-order valence-corrected chi connectivity index (χ2v) is 8.43. The summed E-state index contributed by atoms with van der Waals surface area (Å²) in [5, 5.41) is 6.71. The molecule has 4 rings (SSSR count). The molecule has 7 nitrogen and oxygen atoms in total. The Labute approximate surface area is 193 Å². The van der Waals surface area contributed by atoms with Gasteiger partial charge in [-0.3, -0.25) is 9.59 Å². The lowest BCUT2D eigenvalue weighted by molar-refractivity contribution is -0.132. The Balaban J connectivity index is 1.38. The number of methoxy groups -OCH3 is 1. The number of ether oxygens (including phenoxy) is 1. The van der Waals surface area contributed by atoms with Crippen molar-refractivity contribution in [3.8, 4) is 17.0 Å². The summed E-state index contributed by atoms with van der Waals surface area (Å²) in [6.45, 7) is 3.46. The molecule has 1 N–H and O–H groups in total. The molecule has 0 spiro atoms. The van der Waals surface area contributed by atoms with Gasteiger partial charge in [-0.05, 0) is 35.2 Å². The van der Waals surface area contributed by atoms with Crippen molar-refractivity contribution < 1.29 is 18.8 Å². The zero-order valence-electron chi connectivity index (χ0n) is 19.0. The van der Waals surface area contributed by atoms with E-state index in [0.29, 0.717) is 50.5 Å². The van der Waals surface area contributed by atoms with E-state index in [1.165, 1.54) is 18.2 Å². The fourth-order valence-electron chi connectivity index (χ4n) is 4.12. The van der Waals surface area contributed by atoms with E-state index in [1.807, 2.05) is 0 Å². The van der Waals surface area contributed by atoms with E-state index < -0.39 is 0 Å². The van der Waals surface area contributed by atoms with Crippen LogP contribution >= 0.6 is 0 Å². The quantitative estimate of drug-likeness (QED) is 0.600. The summed E-state index contributed by atoms with van der Waals surface area (Å²) in [5.74, 6) is 0.714. The zero-order valence-corrected chi connectivity index (χ0v) is 19.0. The first kappa shape index (κ1) is 22.6. The van der Waals surface area contributed by atoms with Crippen molar-refractivity contribution >= 4 is 11.8 Å². The van der Waals surface area contributed by atoms with E-state index in [-0.39, 0.29) is 17.7 Å². The third-order valence-electron chi connectivity index (χ3n) is 5.96. The van der Waals surface area contributed by atoms with Crippen LogP contribution in [0.3, 0.4) is 0 Å². The first-order valence-corrected chi connectivity index (χ1v) is 11.2. The van der Waals surface area contributed by atoms with Crippen molar-refractivity contribution in [3.63, 3.8) is 0 Å². The second-order valence-electron chi connectivity index (χ2n) is 8.43. The molecule has 2 aromatic carbocycles. The van der Waals surface area contributed by atoms with Crippen molar-refractivity contribution in [2.75, 3.05) is 26.7 Å². The average Bonchev–Trinajstić information content (AvgIpc) is 3.22. The first-order valence-electron chi connectivity index (χ1n) is 11.2. The van der Waals surface area contributed by atoms with Crippen LogP contribution < -0.4 is 10.1 Å². The van der Waals surface area contributed by atoms with Crippen LogP contribution in [0.2, 0.25) is 0 Å². The minimum Gasteiger partial charge on any atom is -0.479 e. The summed E-state index contributed by atoms with van der Waals surface area (Å²) < 4.78 is 10.2. The predicted molar refractivity (Wildman–Crippen MR) is 125 cm³/mol. The van der Waals surface area contributed by atoms with Crippen molar-refractivity contribution in [1.82, 2.24) is 15.4 Å². The van der Waals surface area contributed by atoms with Gasteiger partial charge in [0.15, 0.2) is 0 Å². The van der Waals surface area contributed by atoms with Gasteiger partial charge in [-0.15, -0.1) is 0 Å². The van der Waals surface area contributed by atoms with Gasteiger partial charge < -0.3 is 19.5 Å². The van der Waals surface area contributed by atoms with E-state index in [0.717, 1.165) is 11.1 Å². The van der Waals surface area contributed by atoms with E-state index >= 15 is 0 Å². The van der Waals surface area contributed by atoms with Crippen LogP contribution in [0.4, 0.5) is 0 Å². The highest BCUT2D eigenvalue weighted by atomic mass is 16.5. The number of rotatable bonds is 7. The molecule has 0 bridgehead atoms. The highest BCUT2D eigenvalue weighted by molar-refractivity contribution is 5.82. The SMILES string of the molecule is COc1cc(CCC(=O)N2CCNC(=O)[C@@H](Cc3ccc(-c4cccc(C)c4)cc3)C2)on1. The lowest BCUT2D eigenvalue weighted by Crippen LogP contribution is -2.37. The van der Waals surface area contributed by atoms with Crippen molar-refractivity contribution in [2.45, 2.75) is 26.2 Å². The van der Waals surface area contributed by atoms with Gasteiger partial charge in [0, 0.05) is 38.5 Å². The number of hydrogen-bond donors (Lipinski definition) is 1. The third kappa shape index (κ3) is 5.80. The Hall–Kier alpha value is -3.61. The number of carbonyl (C=O) groups is 2. The van der Waals surface area contributed by atoms with Gasteiger partial charge in [-0.25, -0.2) is 0 Å². The Kier molecular flexibility index (Phi) is 7.07. The minimum absolute atomic E-state index is 0.00154. The highest BCUT2D eigenvalue weighted by Gasteiger charge is 2.27. The number of nitrogens with zero attached hydrogens (tertiary/aromatic N) is 2. The van der Waals surface area contributed by atoms with Crippen molar-refractivity contribution in [3.05, 3.63) is 71.5 Å². The average molecular weight is 448 g/mol. The van der Waals surface area contributed by atoms with Crippen LogP contribution in [0.5, 0.6) is 5.88 Å². The normalized spacial score (nSPS) is 16.2. The van der Waals surface area contributed by atoms with E-state index in [1.54, 1.807) is 11.0 Å². The minimum atomic E-state index is -0.286. The van der Waals surface area contributed by atoms with E-state index in [2.05, 4.69) is 65.9 Å². The zero-order chi connectivity index (χ0) is 23.2. The lowest BCUT2D eigenvalue weighted by Gasteiger charge is -2.23. The molecule has 1 fully saturated rings. The maximum atomic E-state index is 12.8. The fraction of sp³-hybridized carbons (Fsp3) is 0.346. The molecule has 33 heavy (non-hydrogen) atoms. The summed E-state index contributed by atoms with van der Waals surface area (Å²) in [4.78, 5) is 27.2. The number of nitrogens with one attached hydrogen (secondary N) is 1. The van der Waals surface area contributed by atoms with Gasteiger partial charge in [-0.2, -0.15) is 0 Å². The molecule has 0 aliphatic carbocycles. The summed E-state index contributed by atoms with van der Waals surface area (Å²) in [6.07, 6.45) is 1.33. The van der Waals surface area contributed by atoms with Gasteiger partial charge in [-0.1, -0.05) is 54.1 Å². The number of amides is 2. The highest BCUT2D eigenvalue weighted by Crippen LogP contribution is 2.22. The van der Waals surface area contributed by atoms with E-state index in [9.17, 15) is 9.59 Å². The lowest BCUT2D eigenvalue weighted by atomic mass is 9.95. The number of aromatic nitrogens is 1. The van der Waals surface area contributed by atoms with Crippen molar-refractivity contribution in [1.29, 1.82) is 0 Å². The molecule has 1 saturated heterocycles.